The van der Waals surface area contributed by atoms with E-state index in [1.807, 2.05) is 18.2 Å². The first-order chi connectivity index (χ1) is 10.3. The largest absolute Gasteiger partial charge is 0.507 e. The van der Waals surface area contributed by atoms with Crippen LogP contribution in [0.1, 0.15) is 0 Å². The van der Waals surface area contributed by atoms with Gasteiger partial charge in [0.05, 0.1) is 25.3 Å². The number of aromatic hydroxyl groups is 1. The molecule has 5 nitrogen and oxygen atoms in total. The third-order valence-corrected chi connectivity index (χ3v) is 3.27. The van der Waals surface area contributed by atoms with E-state index in [9.17, 15) is 5.11 Å². The number of hydrogen-bond acceptors (Lipinski definition) is 5. The topological polar surface area (TPSA) is 64.5 Å². The second-order valence-electron chi connectivity index (χ2n) is 4.43. The Kier molecular flexibility index (Phi) is 3.31. The van der Waals surface area contributed by atoms with Crippen LogP contribution in [0.3, 0.4) is 0 Å². The van der Waals surface area contributed by atoms with E-state index in [2.05, 4.69) is 9.97 Å². The number of benzene rings is 1. The molecule has 0 aliphatic heterocycles. The van der Waals surface area contributed by atoms with E-state index in [4.69, 9.17) is 9.47 Å². The average Bonchev–Trinajstić information content (AvgIpc) is 2.55. The lowest BCUT2D eigenvalue weighted by Crippen LogP contribution is -1.95. The Morgan fingerprint density at radius 3 is 2.52 bits per heavy atom. The third-order valence-electron chi connectivity index (χ3n) is 3.27. The summed E-state index contributed by atoms with van der Waals surface area (Å²) >= 11 is 0. The van der Waals surface area contributed by atoms with Gasteiger partial charge in [-0.2, -0.15) is 0 Å². The van der Waals surface area contributed by atoms with Crippen molar-refractivity contribution in [3.8, 4) is 28.6 Å². The molecule has 0 saturated heterocycles. The van der Waals surface area contributed by atoms with Crippen LogP contribution in [0.15, 0.2) is 42.7 Å². The summed E-state index contributed by atoms with van der Waals surface area (Å²) in [5.74, 6) is 1.11. The summed E-state index contributed by atoms with van der Waals surface area (Å²) < 4.78 is 10.7. The number of pyridine rings is 2. The van der Waals surface area contributed by atoms with Crippen LogP contribution in [0.4, 0.5) is 0 Å². The van der Waals surface area contributed by atoms with E-state index < -0.39 is 0 Å². The van der Waals surface area contributed by atoms with Crippen molar-refractivity contribution >= 4 is 10.8 Å². The fourth-order valence-electron chi connectivity index (χ4n) is 2.36. The Labute approximate surface area is 121 Å². The number of phenolic OH excluding ortho intramolecular Hbond substituents is 1. The minimum atomic E-state index is 0.0800. The van der Waals surface area contributed by atoms with Gasteiger partial charge < -0.3 is 14.6 Å². The number of nitrogens with zero attached hydrogens (tertiary/aromatic N) is 2. The van der Waals surface area contributed by atoms with E-state index in [1.165, 1.54) is 13.2 Å². The van der Waals surface area contributed by atoms with Crippen molar-refractivity contribution in [3.05, 3.63) is 42.7 Å². The van der Waals surface area contributed by atoms with Crippen molar-refractivity contribution in [1.82, 2.24) is 9.97 Å². The van der Waals surface area contributed by atoms with E-state index in [0.29, 0.717) is 28.3 Å². The average molecular weight is 282 g/mol. The first kappa shape index (κ1) is 13.2. The van der Waals surface area contributed by atoms with Gasteiger partial charge in [0.1, 0.15) is 11.4 Å². The van der Waals surface area contributed by atoms with Crippen molar-refractivity contribution < 1.29 is 14.6 Å². The molecule has 2 aromatic heterocycles. The van der Waals surface area contributed by atoms with Crippen molar-refractivity contribution in [1.29, 1.82) is 0 Å². The molecule has 1 N–H and O–H groups in total. The Morgan fingerprint density at radius 2 is 1.86 bits per heavy atom. The summed E-state index contributed by atoms with van der Waals surface area (Å²) in [4.78, 5) is 8.64. The van der Waals surface area contributed by atoms with Gasteiger partial charge >= 0.3 is 0 Å². The fourth-order valence-corrected chi connectivity index (χ4v) is 2.36. The normalized spacial score (nSPS) is 10.6. The van der Waals surface area contributed by atoms with E-state index in [0.717, 1.165) is 5.39 Å². The highest BCUT2D eigenvalue weighted by atomic mass is 16.5. The molecule has 21 heavy (non-hydrogen) atoms. The summed E-state index contributed by atoms with van der Waals surface area (Å²) in [6.45, 7) is 0. The van der Waals surface area contributed by atoms with Gasteiger partial charge in [-0.1, -0.05) is 6.07 Å². The zero-order valence-corrected chi connectivity index (χ0v) is 11.7. The number of aromatic nitrogens is 2. The smallest absolute Gasteiger partial charge is 0.168 e. The summed E-state index contributed by atoms with van der Waals surface area (Å²) in [6, 6.07) is 8.86. The minimum Gasteiger partial charge on any atom is -0.507 e. The first-order valence-corrected chi connectivity index (χ1v) is 6.40. The molecule has 0 aliphatic rings. The van der Waals surface area contributed by atoms with E-state index >= 15 is 0 Å². The SMILES string of the molecule is COc1cc(O)c2c(-c3ccccn3)nccc2c1OC. The van der Waals surface area contributed by atoms with Crippen molar-refractivity contribution in [3.63, 3.8) is 0 Å². The van der Waals surface area contributed by atoms with E-state index in [-0.39, 0.29) is 5.75 Å². The lowest BCUT2D eigenvalue weighted by molar-refractivity contribution is 0.355. The molecule has 0 radical (unpaired) electrons. The van der Waals surface area contributed by atoms with Crippen molar-refractivity contribution in [2.75, 3.05) is 14.2 Å². The first-order valence-electron chi connectivity index (χ1n) is 6.40. The third kappa shape index (κ3) is 2.12. The summed E-state index contributed by atoms with van der Waals surface area (Å²) in [6.07, 6.45) is 3.35. The minimum absolute atomic E-state index is 0.0800. The molecule has 5 heteroatoms. The lowest BCUT2D eigenvalue weighted by atomic mass is 10.0. The molecule has 2 heterocycles. The van der Waals surface area contributed by atoms with Crippen LogP contribution in [0.5, 0.6) is 17.2 Å². The van der Waals surface area contributed by atoms with Gasteiger partial charge in [0, 0.05) is 23.8 Å². The van der Waals surface area contributed by atoms with Crippen LogP contribution < -0.4 is 9.47 Å². The van der Waals surface area contributed by atoms with Gasteiger partial charge in [0.2, 0.25) is 0 Å². The molecule has 0 fully saturated rings. The summed E-state index contributed by atoms with van der Waals surface area (Å²) in [7, 11) is 3.10. The molecule has 3 aromatic rings. The molecule has 0 saturated carbocycles. The van der Waals surface area contributed by atoms with Crippen LogP contribution in [-0.2, 0) is 0 Å². The number of rotatable bonds is 3. The number of hydrogen-bond donors (Lipinski definition) is 1. The number of methoxy groups -OCH3 is 2. The quantitative estimate of drug-likeness (QED) is 0.800. The number of phenols is 1. The molecule has 0 spiro atoms. The molecule has 0 atom stereocenters. The molecule has 0 aliphatic carbocycles. The lowest BCUT2D eigenvalue weighted by Gasteiger charge is -2.14. The number of fused-ring (bicyclic) bond motifs is 1. The summed E-state index contributed by atoms with van der Waals surface area (Å²) in [5, 5.41) is 11.7. The summed E-state index contributed by atoms with van der Waals surface area (Å²) in [5.41, 5.74) is 1.29. The van der Waals surface area contributed by atoms with E-state index in [1.54, 1.807) is 25.6 Å². The maximum absolute atomic E-state index is 10.3. The molecule has 0 amide bonds. The predicted octanol–water partition coefficient (Wildman–Crippen LogP) is 3.02. The maximum atomic E-state index is 10.3. The molecular formula is C16H14N2O3. The zero-order chi connectivity index (χ0) is 14.8. The zero-order valence-electron chi connectivity index (χ0n) is 11.7. The van der Waals surface area contributed by atoms with Crippen LogP contribution >= 0.6 is 0 Å². The van der Waals surface area contributed by atoms with Crippen molar-refractivity contribution in [2.45, 2.75) is 0 Å². The van der Waals surface area contributed by atoms with Gasteiger partial charge in [0.25, 0.3) is 0 Å². The Balaban J connectivity index is 2.39. The molecule has 0 bridgehead atoms. The molecule has 0 unspecified atom stereocenters. The highest BCUT2D eigenvalue weighted by molar-refractivity contribution is 6.03. The van der Waals surface area contributed by atoms with Crippen LogP contribution in [0.2, 0.25) is 0 Å². The molecule has 1 aromatic carbocycles. The standard InChI is InChI=1S/C16H14N2O3/c1-20-13-9-12(19)14-10(16(13)21-2)6-8-18-15(14)11-5-3-4-7-17-11/h3-9,19H,1-2H3. The second-order valence-corrected chi connectivity index (χ2v) is 4.43. The molecular weight excluding hydrogens is 268 g/mol. The fraction of sp³-hybridized carbons (Fsp3) is 0.125. The van der Waals surface area contributed by atoms with Crippen LogP contribution in [0, 0.1) is 0 Å². The Bertz CT molecular complexity index is 788. The highest BCUT2D eigenvalue weighted by Crippen LogP contribution is 2.43. The predicted molar refractivity (Wildman–Crippen MR) is 79.7 cm³/mol. The maximum Gasteiger partial charge on any atom is 0.168 e. The van der Waals surface area contributed by atoms with Gasteiger partial charge in [-0.25, -0.2) is 0 Å². The van der Waals surface area contributed by atoms with Gasteiger partial charge in [-0.15, -0.1) is 0 Å². The van der Waals surface area contributed by atoms with Crippen LogP contribution in [-0.4, -0.2) is 29.3 Å². The van der Waals surface area contributed by atoms with Gasteiger partial charge in [-0.05, 0) is 18.2 Å². The number of ether oxygens (including phenoxy) is 2. The monoisotopic (exact) mass is 282 g/mol. The van der Waals surface area contributed by atoms with Gasteiger partial charge in [0.15, 0.2) is 11.5 Å². The molecule has 106 valence electrons. The van der Waals surface area contributed by atoms with Crippen molar-refractivity contribution in [2.24, 2.45) is 0 Å². The highest BCUT2D eigenvalue weighted by Gasteiger charge is 2.17. The molecule has 3 rings (SSSR count). The Morgan fingerprint density at radius 1 is 1.00 bits per heavy atom. The van der Waals surface area contributed by atoms with Gasteiger partial charge in [-0.3, -0.25) is 9.97 Å². The Hall–Kier alpha value is -2.82. The second kappa shape index (κ2) is 5.28. The van der Waals surface area contributed by atoms with Crippen LogP contribution in [0.25, 0.3) is 22.2 Å².